The summed E-state index contributed by atoms with van der Waals surface area (Å²) in [4.78, 5) is 0. The van der Waals surface area contributed by atoms with Crippen molar-refractivity contribution in [3.8, 4) is 0 Å². The van der Waals surface area contributed by atoms with Gasteiger partial charge in [-0.05, 0) is 6.08 Å². The smallest absolute Gasteiger partial charge is 0.101 e. The van der Waals surface area contributed by atoms with Gasteiger partial charge in [0.1, 0.15) is 5.83 Å². The largest absolute Gasteiger partial charge is 0.255 e. The molecule has 1 aromatic heterocycles. The topological polar surface area (TPSA) is 30.7 Å². The molecule has 0 radical (unpaired) electrons. The highest BCUT2D eigenvalue weighted by molar-refractivity contribution is 5.23. The van der Waals surface area contributed by atoms with E-state index in [0.29, 0.717) is 6.42 Å². The van der Waals surface area contributed by atoms with Gasteiger partial charge >= 0.3 is 0 Å². The van der Waals surface area contributed by atoms with Crippen LogP contribution >= 0.6 is 0 Å². The quantitative estimate of drug-likeness (QED) is 0.657. The van der Waals surface area contributed by atoms with E-state index in [1.807, 2.05) is 12.3 Å². The van der Waals surface area contributed by atoms with Crippen LogP contribution in [0.5, 0.6) is 0 Å². The van der Waals surface area contributed by atoms with E-state index in [1.54, 1.807) is 17.8 Å². The van der Waals surface area contributed by atoms with E-state index in [2.05, 4.69) is 10.3 Å². The Hall–Kier alpha value is -1.45. The Morgan fingerprint density at radius 3 is 3.08 bits per heavy atom. The van der Waals surface area contributed by atoms with Crippen molar-refractivity contribution in [1.29, 1.82) is 0 Å². The fourth-order valence-electron chi connectivity index (χ4n) is 1.38. The lowest BCUT2D eigenvalue weighted by molar-refractivity contribution is 0.560. The zero-order valence-electron chi connectivity index (χ0n) is 7.31. The van der Waals surface area contributed by atoms with Gasteiger partial charge in [-0.1, -0.05) is 17.4 Å². The highest BCUT2D eigenvalue weighted by Gasteiger charge is 2.15. The van der Waals surface area contributed by atoms with Crippen molar-refractivity contribution in [2.75, 3.05) is 0 Å². The first kappa shape index (κ1) is 8.16. The number of allylic oxidation sites excluding steroid dienone is 4. The first-order valence-electron chi connectivity index (χ1n) is 4.15. The maximum absolute atomic E-state index is 12.9. The van der Waals surface area contributed by atoms with E-state index in [9.17, 15) is 4.39 Å². The minimum absolute atomic E-state index is 0.0405. The van der Waals surface area contributed by atoms with Gasteiger partial charge in [-0.15, -0.1) is 5.10 Å². The second-order valence-corrected chi connectivity index (χ2v) is 3.13. The van der Waals surface area contributed by atoms with Gasteiger partial charge in [-0.2, -0.15) is 0 Å². The predicted octanol–water partition coefficient (Wildman–Crippen LogP) is 1.71. The van der Waals surface area contributed by atoms with Crippen molar-refractivity contribution in [3.63, 3.8) is 0 Å². The lowest BCUT2D eigenvalue weighted by Gasteiger charge is -2.10. The molecule has 1 aliphatic rings. The monoisotopic (exact) mass is 179 g/mol. The summed E-state index contributed by atoms with van der Waals surface area (Å²) in [5.74, 6) is -0.0585. The van der Waals surface area contributed by atoms with E-state index in [-0.39, 0.29) is 11.7 Å². The Morgan fingerprint density at radius 2 is 2.46 bits per heavy atom. The van der Waals surface area contributed by atoms with Gasteiger partial charge in [0.15, 0.2) is 0 Å². The van der Waals surface area contributed by atoms with Gasteiger partial charge in [-0.25, -0.2) is 4.39 Å². The second kappa shape index (κ2) is 3.12. The number of aryl methyl sites for hydroxylation is 1. The van der Waals surface area contributed by atoms with Crippen LogP contribution in [0.3, 0.4) is 0 Å². The molecule has 4 heteroatoms. The molecular formula is C9H10FN3. The third-order valence-electron chi connectivity index (χ3n) is 2.04. The maximum atomic E-state index is 12.9. The summed E-state index contributed by atoms with van der Waals surface area (Å²) in [6.07, 6.45) is 7.35. The lowest BCUT2D eigenvalue weighted by Crippen LogP contribution is -1.99. The first-order valence-corrected chi connectivity index (χ1v) is 4.15. The number of hydrogen-bond donors (Lipinski definition) is 0. The normalized spacial score (nSPS) is 21.7. The Balaban J connectivity index is 2.20. The summed E-state index contributed by atoms with van der Waals surface area (Å²) in [6.45, 7) is 0. The maximum Gasteiger partial charge on any atom is 0.101 e. The van der Waals surface area contributed by atoms with Crippen LogP contribution in [0.2, 0.25) is 0 Å². The molecule has 0 bridgehead atoms. The third-order valence-corrected chi connectivity index (χ3v) is 2.04. The van der Waals surface area contributed by atoms with Gasteiger partial charge in [0, 0.05) is 25.6 Å². The second-order valence-electron chi connectivity index (χ2n) is 3.13. The van der Waals surface area contributed by atoms with Crippen LogP contribution < -0.4 is 0 Å². The molecule has 0 saturated heterocycles. The zero-order valence-corrected chi connectivity index (χ0v) is 7.31. The summed E-state index contributed by atoms with van der Waals surface area (Å²) in [6, 6.07) is 0. The molecule has 1 aliphatic carbocycles. The van der Waals surface area contributed by atoms with Crippen LogP contribution in [0.15, 0.2) is 30.3 Å². The summed E-state index contributed by atoms with van der Waals surface area (Å²) in [5, 5.41) is 7.75. The first-order chi connectivity index (χ1) is 6.25. The standard InChI is InChI=1S/C9H10FN3/c1-13-6-9(11-12-13)7-3-2-4-8(10)5-7/h2-4,6-7H,5H2,1H3. The highest BCUT2D eigenvalue weighted by Crippen LogP contribution is 2.26. The summed E-state index contributed by atoms with van der Waals surface area (Å²) < 4.78 is 14.5. The van der Waals surface area contributed by atoms with Crippen LogP contribution in [0.1, 0.15) is 18.0 Å². The van der Waals surface area contributed by atoms with Crippen molar-refractivity contribution >= 4 is 0 Å². The Morgan fingerprint density at radius 1 is 1.62 bits per heavy atom. The minimum atomic E-state index is -0.0989. The molecule has 1 unspecified atom stereocenters. The van der Waals surface area contributed by atoms with Gasteiger partial charge in [-0.3, -0.25) is 4.68 Å². The van der Waals surface area contributed by atoms with E-state index in [1.165, 1.54) is 6.08 Å². The van der Waals surface area contributed by atoms with E-state index in [0.717, 1.165) is 5.69 Å². The number of rotatable bonds is 1. The van der Waals surface area contributed by atoms with Gasteiger partial charge in [0.2, 0.25) is 0 Å². The molecule has 0 saturated carbocycles. The SMILES string of the molecule is Cn1cc(C2C=CC=C(F)C2)nn1. The van der Waals surface area contributed by atoms with Crippen molar-refractivity contribution in [2.24, 2.45) is 7.05 Å². The van der Waals surface area contributed by atoms with E-state index in [4.69, 9.17) is 0 Å². The van der Waals surface area contributed by atoms with E-state index < -0.39 is 0 Å². The summed E-state index contributed by atoms with van der Waals surface area (Å²) in [5.41, 5.74) is 0.821. The molecule has 3 nitrogen and oxygen atoms in total. The predicted molar refractivity (Wildman–Crippen MR) is 46.7 cm³/mol. The van der Waals surface area contributed by atoms with Crippen molar-refractivity contribution in [3.05, 3.63) is 35.9 Å². The molecule has 1 heterocycles. The Labute approximate surface area is 75.6 Å². The van der Waals surface area contributed by atoms with Gasteiger partial charge < -0.3 is 0 Å². The van der Waals surface area contributed by atoms with Crippen molar-refractivity contribution in [1.82, 2.24) is 15.0 Å². The van der Waals surface area contributed by atoms with Crippen LogP contribution in [0.25, 0.3) is 0 Å². The molecule has 1 atom stereocenters. The number of aromatic nitrogens is 3. The lowest BCUT2D eigenvalue weighted by atomic mass is 9.97. The average Bonchev–Trinajstić information content (AvgIpc) is 2.52. The number of halogens is 1. The minimum Gasteiger partial charge on any atom is -0.255 e. The van der Waals surface area contributed by atoms with Gasteiger partial charge in [0.05, 0.1) is 5.69 Å². The van der Waals surface area contributed by atoms with Crippen LogP contribution in [0, 0.1) is 0 Å². The fraction of sp³-hybridized carbons (Fsp3) is 0.333. The van der Waals surface area contributed by atoms with Crippen LogP contribution in [-0.4, -0.2) is 15.0 Å². The number of hydrogen-bond acceptors (Lipinski definition) is 2. The molecule has 0 fully saturated rings. The van der Waals surface area contributed by atoms with E-state index >= 15 is 0 Å². The molecule has 68 valence electrons. The van der Waals surface area contributed by atoms with Gasteiger partial charge in [0.25, 0.3) is 0 Å². The molecule has 0 amide bonds. The van der Waals surface area contributed by atoms with Crippen molar-refractivity contribution < 1.29 is 4.39 Å². The third kappa shape index (κ3) is 1.66. The summed E-state index contributed by atoms with van der Waals surface area (Å²) >= 11 is 0. The fourth-order valence-corrected chi connectivity index (χ4v) is 1.38. The Kier molecular flexibility index (Phi) is 1.96. The zero-order chi connectivity index (χ0) is 9.26. The van der Waals surface area contributed by atoms with Crippen molar-refractivity contribution in [2.45, 2.75) is 12.3 Å². The molecule has 0 N–H and O–H groups in total. The Bertz CT molecular complexity index is 365. The molecule has 0 spiro atoms. The number of nitrogens with zero attached hydrogens (tertiary/aromatic N) is 3. The van der Waals surface area contributed by atoms with Crippen LogP contribution in [0.4, 0.5) is 4.39 Å². The molecule has 1 aromatic rings. The molecule has 2 rings (SSSR count). The average molecular weight is 179 g/mol. The molecule has 0 aromatic carbocycles. The molecule has 0 aliphatic heterocycles. The molecular weight excluding hydrogens is 169 g/mol. The molecule has 13 heavy (non-hydrogen) atoms. The highest BCUT2D eigenvalue weighted by atomic mass is 19.1. The summed E-state index contributed by atoms with van der Waals surface area (Å²) in [7, 11) is 1.80. The van der Waals surface area contributed by atoms with Crippen LogP contribution in [-0.2, 0) is 7.05 Å².